The monoisotopic (exact) mass is 423 g/mol. The highest BCUT2D eigenvalue weighted by atomic mass is 35.5. The number of nitrogens with zero attached hydrogens (tertiary/aromatic N) is 3. The van der Waals surface area contributed by atoms with Gasteiger partial charge in [-0.15, -0.1) is 6.42 Å². The zero-order chi connectivity index (χ0) is 20.4. The van der Waals surface area contributed by atoms with Crippen molar-refractivity contribution in [2.75, 3.05) is 6.61 Å². The maximum absolute atomic E-state index is 14.9. The Labute approximate surface area is 169 Å². The first kappa shape index (κ1) is 19.9. The van der Waals surface area contributed by atoms with Gasteiger partial charge in [-0.2, -0.15) is 5.10 Å². The van der Waals surface area contributed by atoms with Gasteiger partial charge in [0.1, 0.15) is 29.0 Å². The first-order chi connectivity index (χ1) is 13.4. The molecule has 0 aliphatic carbocycles. The quantitative estimate of drug-likeness (QED) is 0.574. The van der Waals surface area contributed by atoms with Crippen LogP contribution in [0, 0.1) is 24.0 Å². The average Bonchev–Trinajstić information content (AvgIpc) is 3.08. The summed E-state index contributed by atoms with van der Waals surface area (Å²) in [6, 6.07) is 3.28. The molecule has 5 nitrogen and oxygen atoms in total. The summed E-state index contributed by atoms with van der Waals surface area (Å²) >= 11 is 12.0. The van der Waals surface area contributed by atoms with Crippen LogP contribution in [0.4, 0.5) is 8.78 Å². The van der Waals surface area contributed by atoms with Crippen molar-refractivity contribution in [3.05, 3.63) is 62.6 Å². The Bertz CT molecular complexity index is 1130. The molecule has 3 rings (SSSR count). The van der Waals surface area contributed by atoms with Crippen LogP contribution in [0.25, 0.3) is 16.9 Å². The molecule has 0 N–H and O–H groups in total. The second kappa shape index (κ2) is 8.05. The molecule has 0 aliphatic heterocycles. The summed E-state index contributed by atoms with van der Waals surface area (Å²) in [5.41, 5.74) is -0.860. The fourth-order valence-corrected chi connectivity index (χ4v) is 3.12. The lowest BCUT2D eigenvalue weighted by atomic mass is 10.1. The van der Waals surface area contributed by atoms with Crippen molar-refractivity contribution in [2.45, 2.75) is 13.5 Å². The van der Waals surface area contributed by atoms with E-state index in [4.69, 9.17) is 34.4 Å². The number of halogens is 4. The van der Waals surface area contributed by atoms with E-state index in [0.717, 1.165) is 16.7 Å². The Balaban J connectivity index is 2.34. The lowest BCUT2D eigenvalue weighted by molar-refractivity contribution is 0.365. The van der Waals surface area contributed by atoms with E-state index < -0.39 is 22.8 Å². The molecule has 1 aromatic carbocycles. The van der Waals surface area contributed by atoms with Gasteiger partial charge in [0, 0.05) is 24.9 Å². The van der Waals surface area contributed by atoms with E-state index in [2.05, 4.69) is 11.0 Å². The van der Waals surface area contributed by atoms with Crippen LogP contribution < -0.4 is 10.3 Å². The Morgan fingerprint density at radius 3 is 2.46 bits per heavy atom. The second-order valence-electron chi connectivity index (χ2n) is 5.63. The van der Waals surface area contributed by atoms with Crippen molar-refractivity contribution in [3.63, 3.8) is 0 Å². The van der Waals surface area contributed by atoms with Gasteiger partial charge in [-0.05, 0) is 13.0 Å². The van der Waals surface area contributed by atoms with Gasteiger partial charge in [0.05, 0.1) is 28.2 Å². The summed E-state index contributed by atoms with van der Waals surface area (Å²) < 4.78 is 37.3. The summed E-state index contributed by atoms with van der Waals surface area (Å²) in [6.45, 7) is 1.63. The highest BCUT2D eigenvalue weighted by Crippen LogP contribution is 2.34. The van der Waals surface area contributed by atoms with E-state index in [-0.39, 0.29) is 35.3 Å². The molecule has 0 saturated heterocycles. The molecule has 0 spiro atoms. The van der Waals surface area contributed by atoms with Crippen LogP contribution >= 0.6 is 23.2 Å². The Kier molecular flexibility index (Phi) is 5.73. The fourth-order valence-electron chi connectivity index (χ4n) is 2.78. The molecular weight excluding hydrogens is 411 g/mol. The zero-order valence-electron chi connectivity index (χ0n) is 14.5. The maximum Gasteiger partial charge on any atom is 0.269 e. The van der Waals surface area contributed by atoms with Gasteiger partial charge in [-0.25, -0.2) is 13.5 Å². The SMILES string of the molecule is C#CCOc1cc(F)c(-c2c(-n3cc(Cl)cn3)cc(Cl)c(=O)n2CC)c(F)c1. The van der Waals surface area contributed by atoms with Crippen molar-refractivity contribution in [1.29, 1.82) is 0 Å². The third-order valence-electron chi connectivity index (χ3n) is 3.91. The zero-order valence-corrected chi connectivity index (χ0v) is 16.1. The molecule has 2 heterocycles. The second-order valence-corrected chi connectivity index (χ2v) is 6.48. The molecular formula is C19H13Cl2F2N3O2. The van der Waals surface area contributed by atoms with Gasteiger partial charge in [0.2, 0.25) is 0 Å². The number of hydrogen-bond acceptors (Lipinski definition) is 3. The van der Waals surface area contributed by atoms with Crippen LogP contribution in [0.2, 0.25) is 10.0 Å². The van der Waals surface area contributed by atoms with Gasteiger partial charge in [-0.3, -0.25) is 4.79 Å². The largest absolute Gasteiger partial charge is 0.481 e. The minimum atomic E-state index is -0.935. The molecule has 28 heavy (non-hydrogen) atoms. The summed E-state index contributed by atoms with van der Waals surface area (Å²) in [6.07, 6.45) is 7.88. The predicted molar refractivity (Wildman–Crippen MR) is 103 cm³/mol. The minimum Gasteiger partial charge on any atom is -0.481 e. The van der Waals surface area contributed by atoms with Crippen molar-refractivity contribution >= 4 is 23.2 Å². The molecule has 0 atom stereocenters. The van der Waals surface area contributed by atoms with E-state index in [9.17, 15) is 13.6 Å². The summed E-state index contributed by atoms with van der Waals surface area (Å²) in [7, 11) is 0. The van der Waals surface area contributed by atoms with Crippen molar-refractivity contribution < 1.29 is 13.5 Å². The Hall–Kier alpha value is -2.82. The highest BCUT2D eigenvalue weighted by molar-refractivity contribution is 6.31. The number of aromatic nitrogens is 3. The average molecular weight is 424 g/mol. The third-order valence-corrected chi connectivity index (χ3v) is 4.38. The summed E-state index contributed by atoms with van der Waals surface area (Å²) in [5, 5.41) is 4.23. The number of ether oxygens (including phenoxy) is 1. The fraction of sp³-hybridized carbons (Fsp3) is 0.158. The lowest BCUT2D eigenvalue weighted by Gasteiger charge is -2.18. The van der Waals surface area contributed by atoms with Crippen LogP contribution in [0.5, 0.6) is 5.75 Å². The van der Waals surface area contributed by atoms with E-state index in [1.54, 1.807) is 6.92 Å². The van der Waals surface area contributed by atoms with Gasteiger partial charge < -0.3 is 9.30 Å². The third kappa shape index (κ3) is 3.61. The molecule has 0 aliphatic rings. The summed E-state index contributed by atoms with van der Waals surface area (Å²) in [5.74, 6) is 0.276. The molecule has 2 aromatic heterocycles. The van der Waals surface area contributed by atoms with E-state index in [0.29, 0.717) is 5.02 Å². The summed E-state index contributed by atoms with van der Waals surface area (Å²) in [4.78, 5) is 12.5. The molecule has 0 fully saturated rings. The van der Waals surface area contributed by atoms with E-state index in [1.165, 1.54) is 23.1 Å². The molecule has 0 unspecified atom stereocenters. The predicted octanol–water partition coefficient (Wildman–Crippen LogP) is 4.32. The van der Waals surface area contributed by atoms with E-state index >= 15 is 0 Å². The number of rotatable bonds is 5. The molecule has 3 aromatic rings. The first-order valence-electron chi connectivity index (χ1n) is 8.07. The lowest BCUT2D eigenvalue weighted by Crippen LogP contribution is -2.24. The first-order valence-corrected chi connectivity index (χ1v) is 8.82. The van der Waals surface area contributed by atoms with E-state index in [1.807, 2.05) is 0 Å². The van der Waals surface area contributed by atoms with Gasteiger partial charge in [0.25, 0.3) is 5.56 Å². The molecule has 0 bridgehead atoms. The standard InChI is InChI=1S/C19H13Cl2F2N3O2/c1-3-5-28-12-6-14(22)17(15(23)7-12)18-16(26-10-11(20)9-24-26)8-13(21)19(27)25(18)4-2/h1,6-10H,4-5H2,2H3. The van der Waals surface area contributed by atoms with Crippen molar-refractivity contribution in [3.8, 4) is 35.0 Å². The van der Waals surface area contributed by atoms with Crippen LogP contribution in [-0.4, -0.2) is 21.0 Å². The molecule has 0 amide bonds. The molecule has 9 heteroatoms. The van der Waals surface area contributed by atoms with Crippen LogP contribution in [0.15, 0.2) is 35.4 Å². The van der Waals surface area contributed by atoms with Crippen LogP contribution in [-0.2, 0) is 6.54 Å². The smallest absolute Gasteiger partial charge is 0.269 e. The number of terminal acetylenes is 1. The van der Waals surface area contributed by atoms with Gasteiger partial charge in [0.15, 0.2) is 0 Å². The number of benzene rings is 1. The Morgan fingerprint density at radius 2 is 1.93 bits per heavy atom. The topological polar surface area (TPSA) is 49.1 Å². The normalized spacial score (nSPS) is 10.7. The Morgan fingerprint density at radius 1 is 1.25 bits per heavy atom. The highest BCUT2D eigenvalue weighted by Gasteiger charge is 2.24. The molecule has 0 saturated carbocycles. The minimum absolute atomic E-state index is 0.0323. The number of pyridine rings is 1. The van der Waals surface area contributed by atoms with Gasteiger partial charge in [-0.1, -0.05) is 29.1 Å². The molecule has 144 valence electrons. The van der Waals surface area contributed by atoms with Crippen molar-refractivity contribution in [1.82, 2.24) is 14.3 Å². The van der Waals surface area contributed by atoms with Crippen molar-refractivity contribution in [2.24, 2.45) is 0 Å². The number of hydrogen-bond donors (Lipinski definition) is 0. The maximum atomic E-state index is 14.9. The van der Waals surface area contributed by atoms with Gasteiger partial charge >= 0.3 is 0 Å². The van der Waals surface area contributed by atoms with Crippen LogP contribution in [0.3, 0.4) is 0 Å². The van der Waals surface area contributed by atoms with Crippen LogP contribution in [0.1, 0.15) is 6.92 Å². The molecule has 0 radical (unpaired) electrons.